The number of nitrogens with zero attached hydrogens (tertiary/aromatic N) is 1. The Morgan fingerprint density at radius 3 is 2.71 bits per heavy atom. The van der Waals surface area contributed by atoms with Gasteiger partial charge in [0.2, 0.25) is 5.91 Å². The summed E-state index contributed by atoms with van der Waals surface area (Å²) in [5, 5.41) is 13.7. The van der Waals surface area contributed by atoms with Crippen LogP contribution in [0.3, 0.4) is 0 Å². The van der Waals surface area contributed by atoms with Gasteiger partial charge in [0.15, 0.2) is 0 Å². The first kappa shape index (κ1) is 17.3. The van der Waals surface area contributed by atoms with Gasteiger partial charge in [0.25, 0.3) is 0 Å². The molecule has 1 rings (SSSR count). The SMILES string of the molecule is COCCNC(=O)NC(=O)CN(C)C1COCC1C(=O)O. The Morgan fingerprint density at radius 2 is 2.10 bits per heavy atom. The Morgan fingerprint density at radius 1 is 1.38 bits per heavy atom. The van der Waals surface area contributed by atoms with Crippen LogP contribution >= 0.6 is 0 Å². The number of amides is 3. The fraction of sp³-hybridized carbons (Fsp3) is 0.750. The third-order valence-electron chi connectivity index (χ3n) is 3.17. The van der Waals surface area contributed by atoms with E-state index in [1.807, 2.05) is 0 Å². The third-order valence-corrected chi connectivity index (χ3v) is 3.17. The van der Waals surface area contributed by atoms with Crippen molar-refractivity contribution in [3.05, 3.63) is 0 Å². The molecule has 9 nitrogen and oxygen atoms in total. The highest BCUT2D eigenvalue weighted by atomic mass is 16.5. The molecule has 0 aromatic heterocycles. The number of likely N-dealkylation sites (N-methyl/N-ethyl adjacent to an activating group) is 1. The molecule has 2 atom stereocenters. The smallest absolute Gasteiger partial charge is 0.321 e. The molecule has 1 aliphatic heterocycles. The third kappa shape index (κ3) is 5.66. The van der Waals surface area contributed by atoms with Crippen LogP contribution in [0, 0.1) is 5.92 Å². The van der Waals surface area contributed by atoms with Gasteiger partial charge in [0, 0.05) is 19.7 Å². The van der Waals surface area contributed by atoms with Gasteiger partial charge in [-0.1, -0.05) is 0 Å². The number of methoxy groups -OCH3 is 1. The van der Waals surface area contributed by atoms with Crippen LogP contribution in [0.25, 0.3) is 0 Å². The molecule has 0 spiro atoms. The molecule has 3 N–H and O–H groups in total. The second kappa shape index (κ2) is 8.55. The van der Waals surface area contributed by atoms with E-state index in [4.69, 9.17) is 14.6 Å². The van der Waals surface area contributed by atoms with Crippen LogP contribution in [0.15, 0.2) is 0 Å². The number of rotatable bonds is 7. The molecule has 1 aliphatic rings. The van der Waals surface area contributed by atoms with Crippen molar-refractivity contribution in [2.24, 2.45) is 5.92 Å². The summed E-state index contributed by atoms with van der Waals surface area (Å²) in [6, 6.07) is -0.993. The van der Waals surface area contributed by atoms with Gasteiger partial charge in [0.05, 0.1) is 32.3 Å². The molecule has 0 bridgehead atoms. The summed E-state index contributed by atoms with van der Waals surface area (Å²) in [6.45, 7) is 0.934. The number of hydrogen-bond donors (Lipinski definition) is 3. The van der Waals surface area contributed by atoms with E-state index in [0.29, 0.717) is 13.2 Å². The highest BCUT2D eigenvalue weighted by Crippen LogP contribution is 2.18. The summed E-state index contributed by atoms with van der Waals surface area (Å²) in [6.07, 6.45) is 0. The molecule has 3 amide bonds. The van der Waals surface area contributed by atoms with Gasteiger partial charge < -0.3 is 19.9 Å². The summed E-state index contributed by atoms with van der Waals surface area (Å²) in [5.41, 5.74) is 0. The fourth-order valence-electron chi connectivity index (χ4n) is 2.03. The van der Waals surface area contributed by atoms with E-state index < -0.39 is 23.8 Å². The average Bonchev–Trinajstić information content (AvgIpc) is 2.88. The van der Waals surface area contributed by atoms with Crippen LogP contribution in [0.5, 0.6) is 0 Å². The largest absolute Gasteiger partial charge is 0.481 e. The number of urea groups is 1. The van der Waals surface area contributed by atoms with Crippen molar-refractivity contribution < 1.29 is 29.0 Å². The second-order valence-corrected chi connectivity index (χ2v) is 4.76. The van der Waals surface area contributed by atoms with Gasteiger partial charge in [-0.25, -0.2) is 4.79 Å². The van der Waals surface area contributed by atoms with Crippen molar-refractivity contribution in [2.45, 2.75) is 6.04 Å². The molecule has 0 radical (unpaired) electrons. The Balaban J connectivity index is 2.36. The van der Waals surface area contributed by atoms with Gasteiger partial charge >= 0.3 is 12.0 Å². The Kier molecular flexibility index (Phi) is 7.06. The standard InChI is InChI=1S/C12H21N3O6/c1-15(9-7-21-6-8(9)11(17)18)5-10(16)14-12(19)13-3-4-20-2/h8-9H,3-7H2,1-2H3,(H,17,18)(H2,13,14,16,19). The van der Waals surface area contributed by atoms with Crippen molar-refractivity contribution in [2.75, 3.05) is 47.1 Å². The molecule has 9 heteroatoms. The van der Waals surface area contributed by atoms with Gasteiger partial charge in [-0.05, 0) is 7.05 Å². The molecule has 0 aromatic rings. The molecule has 1 heterocycles. The molecular formula is C12H21N3O6. The van der Waals surface area contributed by atoms with Gasteiger partial charge in [0.1, 0.15) is 0 Å². The lowest BCUT2D eigenvalue weighted by Crippen LogP contribution is -2.48. The lowest BCUT2D eigenvalue weighted by Gasteiger charge is -2.25. The van der Waals surface area contributed by atoms with E-state index in [0.717, 1.165) is 0 Å². The summed E-state index contributed by atoms with van der Waals surface area (Å²) in [7, 11) is 3.12. The Hall–Kier alpha value is -1.71. The lowest BCUT2D eigenvalue weighted by atomic mass is 10.0. The predicted molar refractivity (Wildman–Crippen MR) is 71.8 cm³/mol. The number of nitrogens with one attached hydrogen (secondary N) is 2. The molecule has 21 heavy (non-hydrogen) atoms. The van der Waals surface area contributed by atoms with Crippen LogP contribution < -0.4 is 10.6 Å². The van der Waals surface area contributed by atoms with Gasteiger partial charge in [-0.15, -0.1) is 0 Å². The van der Waals surface area contributed by atoms with Crippen LogP contribution in [-0.2, 0) is 19.1 Å². The predicted octanol–water partition coefficient (Wildman–Crippen LogP) is -1.51. The monoisotopic (exact) mass is 303 g/mol. The topological polar surface area (TPSA) is 117 Å². The van der Waals surface area contributed by atoms with E-state index in [9.17, 15) is 14.4 Å². The minimum absolute atomic E-state index is 0.0878. The van der Waals surface area contributed by atoms with E-state index >= 15 is 0 Å². The van der Waals surface area contributed by atoms with E-state index in [1.54, 1.807) is 11.9 Å². The van der Waals surface area contributed by atoms with Crippen molar-refractivity contribution in [3.8, 4) is 0 Å². The normalized spacial score (nSPS) is 21.3. The number of carbonyl (C=O) groups is 3. The lowest BCUT2D eigenvalue weighted by molar-refractivity contribution is -0.143. The molecule has 1 saturated heterocycles. The zero-order valence-electron chi connectivity index (χ0n) is 12.1. The zero-order valence-corrected chi connectivity index (χ0v) is 12.1. The van der Waals surface area contributed by atoms with Gasteiger partial charge in [-0.3, -0.25) is 19.8 Å². The number of hydrogen-bond acceptors (Lipinski definition) is 6. The molecule has 0 saturated carbocycles. The first-order chi connectivity index (χ1) is 9.95. The average molecular weight is 303 g/mol. The molecule has 2 unspecified atom stereocenters. The van der Waals surface area contributed by atoms with E-state index in [-0.39, 0.29) is 25.8 Å². The maximum Gasteiger partial charge on any atom is 0.321 e. The number of carboxylic acid groups (broad SMARTS) is 1. The summed E-state index contributed by atoms with van der Waals surface area (Å²) in [4.78, 5) is 35.7. The maximum atomic E-state index is 11.7. The molecule has 120 valence electrons. The number of imide groups is 1. The maximum absolute atomic E-state index is 11.7. The summed E-state index contributed by atoms with van der Waals surface area (Å²) >= 11 is 0. The number of aliphatic carboxylic acids is 1. The summed E-state index contributed by atoms with van der Waals surface area (Å²) < 4.78 is 9.89. The molecule has 1 fully saturated rings. The highest BCUT2D eigenvalue weighted by Gasteiger charge is 2.37. The summed E-state index contributed by atoms with van der Waals surface area (Å²) in [5.74, 6) is -2.14. The number of carboxylic acids is 1. The van der Waals surface area contributed by atoms with Crippen LogP contribution in [0.4, 0.5) is 4.79 Å². The quantitative estimate of drug-likeness (QED) is 0.489. The van der Waals surface area contributed by atoms with E-state index in [2.05, 4.69) is 10.6 Å². The number of ether oxygens (including phenoxy) is 2. The molecule has 0 aliphatic carbocycles. The van der Waals surface area contributed by atoms with Crippen molar-refractivity contribution >= 4 is 17.9 Å². The van der Waals surface area contributed by atoms with Crippen molar-refractivity contribution in [3.63, 3.8) is 0 Å². The van der Waals surface area contributed by atoms with E-state index in [1.165, 1.54) is 7.11 Å². The first-order valence-corrected chi connectivity index (χ1v) is 6.53. The van der Waals surface area contributed by atoms with Crippen LogP contribution in [0.1, 0.15) is 0 Å². The zero-order chi connectivity index (χ0) is 15.8. The van der Waals surface area contributed by atoms with Gasteiger partial charge in [-0.2, -0.15) is 0 Å². The second-order valence-electron chi connectivity index (χ2n) is 4.76. The van der Waals surface area contributed by atoms with Crippen LogP contribution in [0.2, 0.25) is 0 Å². The Labute approximate surface area is 122 Å². The van der Waals surface area contributed by atoms with Crippen molar-refractivity contribution in [1.29, 1.82) is 0 Å². The first-order valence-electron chi connectivity index (χ1n) is 6.53. The number of carbonyl (C=O) groups excluding carboxylic acids is 2. The molecular weight excluding hydrogens is 282 g/mol. The minimum atomic E-state index is -0.956. The highest BCUT2D eigenvalue weighted by molar-refractivity contribution is 5.95. The van der Waals surface area contributed by atoms with Crippen molar-refractivity contribution in [1.82, 2.24) is 15.5 Å². The molecule has 0 aromatic carbocycles. The minimum Gasteiger partial charge on any atom is -0.481 e. The fourth-order valence-corrected chi connectivity index (χ4v) is 2.03. The Bertz CT molecular complexity index is 389. The van der Waals surface area contributed by atoms with Crippen LogP contribution in [-0.4, -0.2) is 81.0 Å².